The molecule has 0 heterocycles. The van der Waals surface area contributed by atoms with Gasteiger partial charge in [-0.05, 0) is 51.4 Å². The first-order chi connectivity index (χ1) is 17.3. The van der Waals surface area contributed by atoms with Gasteiger partial charge in [-0.15, -0.1) is 0 Å². The third kappa shape index (κ3) is 9.73. The molecule has 35 heavy (non-hydrogen) atoms. The topological polar surface area (TPSA) is 27.7 Å². The van der Waals surface area contributed by atoms with E-state index in [0.717, 1.165) is 0 Å². The van der Waals surface area contributed by atoms with Crippen LogP contribution in [0.5, 0.6) is 0 Å². The predicted molar refractivity (Wildman–Crippen MR) is 149 cm³/mol. The van der Waals surface area contributed by atoms with Gasteiger partial charge >= 0.3 is 8.80 Å². The van der Waals surface area contributed by atoms with Crippen LogP contribution in [0.15, 0.2) is 0 Å². The van der Waals surface area contributed by atoms with Gasteiger partial charge in [0.1, 0.15) is 0 Å². The summed E-state index contributed by atoms with van der Waals surface area (Å²) in [7, 11) is -2.81. The van der Waals surface area contributed by atoms with Crippen molar-refractivity contribution in [1.29, 1.82) is 0 Å². The highest BCUT2D eigenvalue weighted by Crippen LogP contribution is 2.43. The number of rotatable bonds is 7. The van der Waals surface area contributed by atoms with Gasteiger partial charge < -0.3 is 13.3 Å². The van der Waals surface area contributed by atoms with E-state index in [2.05, 4.69) is 0 Å². The van der Waals surface area contributed by atoms with Crippen LogP contribution in [0.1, 0.15) is 173 Å². The molecule has 0 spiro atoms. The fraction of sp³-hybridized carbons (Fsp3) is 1.00. The van der Waals surface area contributed by atoms with Crippen LogP contribution in [-0.2, 0) is 13.3 Å². The molecule has 0 amide bonds. The van der Waals surface area contributed by atoms with Crippen molar-refractivity contribution in [1.82, 2.24) is 0 Å². The molecule has 0 bridgehead atoms. The van der Waals surface area contributed by atoms with E-state index in [1.165, 1.54) is 173 Å². The highest BCUT2D eigenvalue weighted by molar-refractivity contribution is 6.62. The first-order valence-corrected chi connectivity index (χ1v) is 18.2. The van der Waals surface area contributed by atoms with Crippen LogP contribution in [0.25, 0.3) is 0 Å². The smallest absolute Gasteiger partial charge is 0.370 e. The first-order valence-electron chi connectivity index (χ1n) is 16.4. The van der Waals surface area contributed by atoms with E-state index < -0.39 is 8.80 Å². The Balaban J connectivity index is 1.59. The minimum Gasteiger partial charge on any atom is -0.370 e. The summed E-state index contributed by atoms with van der Waals surface area (Å²) in [5.74, 6) is 0. The van der Waals surface area contributed by atoms with Gasteiger partial charge in [0.25, 0.3) is 0 Å². The molecule has 4 aliphatic carbocycles. The van der Waals surface area contributed by atoms with Crippen molar-refractivity contribution in [3.05, 3.63) is 0 Å². The van der Waals surface area contributed by atoms with Crippen LogP contribution in [0, 0.1) is 0 Å². The molecule has 4 rings (SSSR count). The summed E-state index contributed by atoms with van der Waals surface area (Å²) in [6, 6.07) is 0. The second-order valence-electron chi connectivity index (χ2n) is 12.5. The van der Waals surface area contributed by atoms with E-state index >= 15 is 0 Å². The Morgan fingerprint density at radius 3 is 0.800 bits per heavy atom. The molecule has 4 heteroatoms. The van der Waals surface area contributed by atoms with Gasteiger partial charge in [-0.2, -0.15) is 0 Å². The lowest BCUT2D eigenvalue weighted by Gasteiger charge is -2.43. The van der Waals surface area contributed by atoms with Gasteiger partial charge in [-0.3, -0.25) is 0 Å². The highest BCUT2D eigenvalue weighted by Gasteiger charge is 2.53. The Morgan fingerprint density at radius 2 is 0.514 bits per heavy atom. The van der Waals surface area contributed by atoms with Crippen LogP contribution in [-0.4, -0.2) is 27.1 Å². The number of hydrogen-bond donors (Lipinski definition) is 0. The van der Waals surface area contributed by atoms with Crippen LogP contribution < -0.4 is 0 Å². The Hall–Kier alpha value is 0.0969. The van der Waals surface area contributed by atoms with E-state index in [-0.39, 0.29) is 0 Å². The van der Waals surface area contributed by atoms with Gasteiger partial charge in [0.15, 0.2) is 0 Å². The lowest BCUT2D eigenvalue weighted by Crippen LogP contribution is -2.56. The molecule has 4 fully saturated rings. The fourth-order valence-corrected chi connectivity index (χ4v) is 11.3. The zero-order valence-corrected chi connectivity index (χ0v) is 24.1. The standard InChI is InChI=1S/C31H58O3Si/c1-4-12-20-28(21-13-5-1)32-35(31-26-18-10-11-19-27-31,33-29-22-14-6-2-7-15-23-29)34-30-24-16-8-3-9-17-25-30/h28-31H,1-27H2. The van der Waals surface area contributed by atoms with Crippen LogP contribution >= 0.6 is 0 Å². The van der Waals surface area contributed by atoms with E-state index in [9.17, 15) is 0 Å². The molecule has 3 nitrogen and oxygen atoms in total. The lowest BCUT2D eigenvalue weighted by atomic mass is 9.99. The summed E-state index contributed by atoms with van der Waals surface area (Å²) in [5.41, 5.74) is 0.534. The van der Waals surface area contributed by atoms with Gasteiger partial charge in [-0.1, -0.05) is 122 Å². The third-order valence-corrected chi connectivity index (χ3v) is 13.1. The molecule has 0 aromatic heterocycles. The quantitative estimate of drug-likeness (QED) is 0.254. The van der Waals surface area contributed by atoms with Crippen molar-refractivity contribution >= 4 is 8.80 Å². The molecule has 0 aromatic rings. The Morgan fingerprint density at radius 1 is 0.286 bits per heavy atom. The molecule has 0 atom stereocenters. The van der Waals surface area contributed by atoms with Crippen LogP contribution in [0.2, 0.25) is 5.54 Å². The molecule has 0 aromatic carbocycles. The van der Waals surface area contributed by atoms with Gasteiger partial charge in [0.2, 0.25) is 0 Å². The summed E-state index contributed by atoms with van der Waals surface area (Å²) < 4.78 is 22.4. The first kappa shape index (κ1) is 28.1. The zero-order valence-electron chi connectivity index (χ0n) is 23.1. The van der Waals surface area contributed by atoms with Crippen molar-refractivity contribution in [2.75, 3.05) is 0 Å². The van der Waals surface area contributed by atoms with Gasteiger partial charge in [-0.25, -0.2) is 0 Å². The van der Waals surface area contributed by atoms with E-state index in [4.69, 9.17) is 13.3 Å². The molecular weight excluding hydrogens is 448 g/mol. The molecule has 4 aliphatic rings. The molecule has 204 valence electrons. The molecule has 0 radical (unpaired) electrons. The zero-order chi connectivity index (χ0) is 24.0. The van der Waals surface area contributed by atoms with Crippen molar-refractivity contribution < 1.29 is 13.3 Å². The Kier molecular flexibility index (Phi) is 13.0. The molecule has 0 aliphatic heterocycles. The number of hydrogen-bond acceptors (Lipinski definition) is 3. The summed E-state index contributed by atoms with van der Waals surface area (Å²) >= 11 is 0. The lowest BCUT2D eigenvalue weighted by molar-refractivity contribution is -0.0427. The fourth-order valence-electron chi connectivity index (χ4n) is 7.31. The third-order valence-electron chi connectivity index (χ3n) is 9.50. The van der Waals surface area contributed by atoms with Gasteiger partial charge in [0, 0.05) is 23.9 Å². The molecular formula is C31H58O3Si. The van der Waals surface area contributed by atoms with Crippen molar-refractivity contribution in [2.24, 2.45) is 0 Å². The van der Waals surface area contributed by atoms with Crippen molar-refractivity contribution in [2.45, 2.75) is 197 Å². The largest absolute Gasteiger partial charge is 0.504 e. The average Bonchev–Trinajstić information content (AvgIpc) is 3.09. The van der Waals surface area contributed by atoms with E-state index in [1.54, 1.807) is 0 Å². The molecule has 4 saturated carbocycles. The average molecular weight is 507 g/mol. The molecule has 0 unspecified atom stereocenters. The highest BCUT2D eigenvalue weighted by atomic mass is 28.4. The Bertz CT molecular complexity index is 464. The maximum atomic E-state index is 7.45. The van der Waals surface area contributed by atoms with Crippen molar-refractivity contribution in [3.63, 3.8) is 0 Å². The van der Waals surface area contributed by atoms with Crippen LogP contribution in [0.4, 0.5) is 0 Å². The SMILES string of the molecule is C1CCCC(O[Si](OC2CCCCCCC2)(OC2CCCCCCC2)C2CCCCCC2)CCC1. The Labute approximate surface area is 219 Å². The summed E-state index contributed by atoms with van der Waals surface area (Å²) in [5, 5.41) is 0. The maximum absolute atomic E-state index is 7.45. The second kappa shape index (κ2) is 16.1. The van der Waals surface area contributed by atoms with E-state index in [1.807, 2.05) is 0 Å². The molecule has 0 saturated heterocycles. The predicted octanol–water partition coefficient (Wildman–Crippen LogP) is 10.0. The molecule has 0 N–H and O–H groups in total. The second-order valence-corrected chi connectivity index (χ2v) is 15.3. The van der Waals surface area contributed by atoms with Gasteiger partial charge in [0.05, 0.1) is 0 Å². The minimum absolute atomic E-state index is 0.368. The summed E-state index contributed by atoms with van der Waals surface area (Å²) in [6.07, 6.45) is 36.9. The van der Waals surface area contributed by atoms with E-state index in [0.29, 0.717) is 23.9 Å². The monoisotopic (exact) mass is 506 g/mol. The van der Waals surface area contributed by atoms with Crippen molar-refractivity contribution in [3.8, 4) is 0 Å². The summed E-state index contributed by atoms with van der Waals surface area (Å²) in [4.78, 5) is 0. The maximum Gasteiger partial charge on any atom is 0.504 e. The summed E-state index contributed by atoms with van der Waals surface area (Å²) in [6.45, 7) is 0. The van der Waals surface area contributed by atoms with Crippen LogP contribution in [0.3, 0.4) is 0 Å². The normalized spacial score (nSPS) is 27.1. The minimum atomic E-state index is -2.81.